The molecule has 1 nitrogen and oxygen atoms in total. The molecule has 0 radical (unpaired) electrons. The van der Waals surface area contributed by atoms with Crippen molar-refractivity contribution in [2.24, 2.45) is 5.73 Å². The molecule has 2 aliphatic rings. The van der Waals surface area contributed by atoms with Crippen molar-refractivity contribution in [2.75, 3.05) is 0 Å². The summed E-state index contributed by atoms with van der Waals surface area (Å²) < 4.78 is 0. The molecule has 0 saturated heterocycles. The van der Waals surface area contributed by atoms with E-state index in [1.165, 1.54) is 11.1 Å². The molecule has 0 spiro atoms. The zero-order valence-electron chi connectivity index (χ0n) is 6.77. The summed E-state index contributed by atoms with van der Waals surface area (Å²) in [6, 6.07) is 0.0763. The molecule has 0 bridgehead atoms. The molecule has 1 heteroatoms. The Kier molecular flexibility index (Phi) is 1.80. The molecule has 60 valence electrons. The molecule has 1 atom stereocenters. The van der Waals surface area contributed by atoms with Gasteiger partial charge in [0.1, 0.15) is 0 Å². The van der Waals surface area contributed by atoms with Crippen molar-refractivity contribution in [1.82, 2.24) is 0 Å². The summed E-state index contributed by atoms with van der Waals surface area (Å²) in [7, 11) is 0. The lowest BCUT2D eigenvalue weighted by atomic mass is 10.0. The number of nitrogens with two attached hydrogens (primary N) is 1. The second-order valence-electron chi connectivity index (χ2n) is 2.90. The van der Waals surface area contributed by atoms with Crippen LogP contribution in [-0.4, -0.2) is 6.04 Å². The first-order valence-corrected chi connectivity index (χ1v) is 4.07. The maximum absolute atomic E-state index is 5.86. The smallest absolute Gasteiger partial charge is 0.0490 e. The van der Waals surface area contributed by atoms with Crippen LogP contribution in [0.2, 0.25) is 0 Å². The van der Waals surface area contributed by atoms with Crippen LogP contribution in [0.4, 0.5) is 0 Å². The van der Waals surface area contributed by atoms with Gasteiger partial charge in [0.15, 0.2) is 0 Å². The summed E-state index contributed by atoms with van der Waals surface area (Å²) in [5.74, 6) is 0. The Morgan fingerprint density at radius 2 is 1.75 bits per heavy atom. The minimum Gasteiger partial charge on any atom is -0.321 e. The van der Waals surface area contributed by atoms with E-state index in [0.717, 1.165) is 0 Å². The molecule has 0 amide bonds. The Morgan fingerprint density at radius 3 is 2.58 bits per heavy atom. The van der Waals surface area contributed by atoms with E-state index in [0.29, 0.717) is 0 Å². The van der Waals surface area contributed by atoms with Crippen LogP contribution >= 0.6 is 0 Å². The molecule has 0 aromatic carbocycles. The number of hydrogen-bond donors (Lipinski definition) is 1. The van der Waals surface area contributed by atoms with Gasteiger partial charge in [-0.3, -0.25) is 0 Å². The normalized spacial score (nSPS) is 31.2. The third-order valence-corrected chi connectivity index (χ3v) is 2.06. The van der Waals surface area contributed by atoms with Gasteiger partial charge in [-0.15, -0.1) is 0 Å². The van der Waals surface area contributed by atoms with Crippen LogP contribution in [0.3, 0.4) is 0 Å². The number of rotatable bonds is 0. The highest BCUT2D eigenvalue weighted by Gasteiger charge is 2.14. The minimum absolute atomic E-state index is 0.0763. The van der Waals surface area contributed by atoms with Crippen LogP contribution < -0.4 is 5.73 Å². The van der Waals surface area contributed by atoms with Crippen molar-refractivity contribution in [3.63, 3.8) is 0 Å². The topological polar surface area (TPSA) is 26.0 Å². The third kappa shape index (κ3) is 1.19. The molecule has 2 aliphatic carbocycles. The van der Waals surface area contributed by atoms with Gasteiger partial charge in [0.2, 0.25) is 0 Å². The Morgan fingerprint density at radius 1 is 1.00 bits per heavy atom. The summed E-state index contributed by atoms with van der Waals surface area (Å²) in [5, 5.41) is 0. The standard InChI is InChI=1S/C11H11N/c12-11-8-7-9-5-3-1-2-4-6-10(9)11/h1-8,11H,12H2/b2-1?,3-1-,4-2-,5-3?,6-4?,9-5?,10-6?. The molecule has 0 aromatic rings. The molecule has 12 heavy (non-hydrogen) atoms. The Bertz CT molecular complexity index is 327. The zero-order chi connectivity index (χ0) is 8.39. The molecule has 2 rings (SSSR count). The summed E-state index contributed by atoms with van der Waals surface area (Å²) in [6.07, 6.45) is 16.3. The average molecular weight is 157 g/mol. The lowest BCUT2D eigenvalue weighted by molar-refractivity contribution is 0.998. The van der Waals surface area contributed by atoms with Crippen molar-refractivity contribution in [1.29, 1.82) is 0 Å². The highest BCUT2D eigenvalue weighted by atomic mass is 14.6. The van der Waals surface area contributed by atoms with Gasteiger partial charge in [-0.05, 0) is 11.1 Å². The SMILES string of the molecule is NC1C=CC2=C/C=C\C=C/C=C21. The van der Waals surface area contributed by atoms with Crippen molar-refractivity contribution < 1.29 is 0 Å². The van der Waals surface area contributed by atoms with Gasteiger partial charge in [0.05, 0.1) is 0 Å². The fraction of sp³-hybridized carbons (Fsp3) is 0.0909. The average Bonchev–Trinajstić information content (AvgIpc) is 2.31. The first-order valence-electron chi connectivity index (χ1n) is 4.07. The quantitative estimate of drug-likeness (QED) is 0.570. The summed E-state index contributed by atoms with van der Waals surface area (Å²) in [4.78, 5) is 0. The van der Waals surface area contributed by atoms with E-state index >= 15 is 0 Å². The molecule has 1 unspecified atom stereocenters. The number of fused-ring (bicyclic) bond motifs is 1. The molecule has 0 aliphatic heterocycles. The van der Waals surface area contributed by atoms with Crippen LogP contribution in [0.1, 0.15) is 0 Å². The first kappa shape index (κ1) is 7.32. The molecule has 0 heterocycles. The van der Waals surface area contributed by atoms with E-state index in [9.17, 15) is 0 Å². The van der Waals surface area contributed by atoms with Crippen LogP contribution in [0.25, 0.3) is 0 Å². The Hall–Kier alpha value is -1.34. The second-order valence-corrected chi connectivity index (χ2v) is 2.90. The van der Waals surface area contributed by atoms with Crippen LogP contribution in [0, 0.1) is 0 Å². The van der Waals surface area contributed by atoms with Gasteiger partial charge in [-0.25, -0.2) is 0 Å². The van der Waals surface area contributed by atoms with E-state index < -0.39 is 0 Å². The van der Waals surface area contributed by atoms with E-state index in [1.807, 2.05) is 30.4 Å². The Labute approximate surface area is 72.3 Å². The maximum atomic E-state index is 5.86. The predicted molar refractivity (Wildman–Crippen MR) is 51.6 cm³/mol. The van der Waals surface area contributed by atoms with Gasteiger partial charge >= 0.3 is 0 Å². The summed E-state index contributed by atoms with van der Waals surface area (Å²) >= 11 is 0. The van der Waals surface area contributed by atoms with Gasteiger partial charge < -0.3 is 5.73 Å². The van der Waals surface area contributed by atoms with Crippen LogP contribution in [0.15, 0.2) is 59.8 Å². The highest BCUT2D eigenvalue weighted by Crippen LogP contribution is 2.23. The summed E-state index contributed by atoms with van der Waals surface area (Å²) in [5.41, 5.74) is 8.29. The molecule has 2 N–H and O–H groups in total. The fourth-order valence-corrected chi connectivity index (χ4v) is 1.41. The zero-order valence-corrected chi connectivity index (χ0v) is 6.77. The maximum Gasteiger partial charge on any atom is 0.0490 e. The summed E-state index contributed by atoms with van der Waals surface area (Å²) in [6.45, 7) is 0. The number of allylic oxidation sites excluding steroid dienone is 7. The van der Waals surface area contributed by atoms with Gasteiger partial charge in [0, 0.05) is 6.04 Å². The monoisotopic (exact) mass is 157 g/mol. The van der Waals surface area contributed by atoms with Crippen LogP contribution in [0.5, 0.6) is 0 Å². The molecular formula is C11H11N. The molecule has 0 saturated carbocycles. The van der Waals surface area contributed by atoms with E-state index in [-0.39, 0.29) is 6.04 Å². The molecule has 0 fully saturated rings. The largest absolute Gasteiger partial charge is 0.321 e. The van der Waals surface area contributed by atoms with E-state index in [1.54, 1.807) is 0 Å². The second kappa shape index (κ2) is 2.95. The van der Waals surface area contributed by atoms with Gasteiger partial charge in [-0.1, -0.05) is 48.6 Å². The third-order valence-electron chi connectivity index (χ3n) is 2.06. The lowest BCUT2D eigenvalue weighted by Gasteiger charge is -2.05. The molecule has 0 aromatic heterocycles. The predicted octanol–water partition coefficient (Wildman–Crippen LogP) is 1.86. The van der Waals surface area contributed by atoms with Crippen molar-refractivity contribution in [2.45, 2.75) is 6.04 Å². The van der Waals surface area contributed by atoms with Crippen molar-refractivity contribution in [3.8, 4) is 0 Å². The van der Waals surface area contributed by atoms with Gasteiger partial charge in [-0.2, -0.15) is 0 Å². The van der Waals surface area contributed by atoms with E-state index in [4.69, 9.17) is 5.73 Å². The number of hydrogen-bond acceptors (Lipinski definition) is 1. The van der Waals surface area contributed by atoms with E-state index in [2.05, 4.69) is 18.2 Å². The fourth-order valence-electron chi connectivity index (χ4n) is 1.41. The Balaban J connectivity index is 2.43. The first-order chi connectivity index (χ1) is 5.88. The lowest BCUT2D eigenvalue weighted by Crippen LogP contribution is -2.16. The molecular weight excluding hydrogens is 146 g/mol. The van der Waals surface area contributed by atoms with Crippen LogP contribution in [-0.2, 0) is 0 Å². The minimum atomic E-state index is 0.0763. The highest BCUT2D eigenvalue weighted by molar-refractivity contribution is 5.54. The van der Waals surface area contributed by atoms with Gasteiger partial charge in [0.25, 0.3) is 0 Å². The van der Waals surface area contributed by atoms with Crippen molar-refractivity contribution >= 4 is 0 Å². The van der Waals surface area contributed by atoms with Crippen molar-refractivity contribution in [3.05, 3.63) is 59.8 Å².